The summed E-state index contributed by atoms with van der Waals surface area (Å²) in [4.78, 5) is 14.5. The zero-order valence-electron chi connectivity index (χ0n) is 18.3. The van der Waals surface area contributed by atoms with E-state index < -0.39 is 0 Å². The van der Waals surface area contributed by atoms with Gasteiger partial charge in [-0.25, -0.2) is 0 Å². The van der Waals surface area contributed by atoms with Gasteiger partial charge >= 0.3 is 0 Å². The zero-order chi connectivity index (χ0) is 22.3. The fourth-order valence-corrected chi connectivity index (χ4v) is 3.77. The second kappa shape index (κ2) is 11.2. The van der Waals surface area contributed by atoms with E-state index in [0.29, 0.717) is 17.4 Å². The van der Waals surface area contributed by atoms with E-state index in [0.717, 1.165) is 41.0 Å². The molecule has 1 aliphatic carbocycles. The molecule has 4 N–H and O–H groups in total. The Balaban J connectivity index is 0.000000232. The van der Waals surface area contributed by atoms with Crippen LogP contribution in [0.15, 0.2) is 41.3 Å². The summed E-state index contributed by atoms with van der Waals surface area (Å²) in [6, 6.07) is 14.3. The molecule has 160 valence electrons. The minimum absolute atomic E-state index is 0.283. The molecule has 0 spiro atoms. The Morgan fingerprint density at radius 2 is 1.87 bits per heavy atom. The number of hydrogen-bond acceptors (Lipinski definition) is 5. The summed E-state index contributed by atoms with van der Waals surface area (Å²) in [6.45, 7) is 5.14. The molecule has 0 atom stereocenters. The highest BCUT2D eigenvalue weighted by Gasteiger charge is 2.28. The smallest absolute Gasteiger partial charge is 0.221 e. The third-order valence-electron chi connectivity index (χ3n) is 5.00. The fraction of sp³-hybridized carbons (Fsp3) is 0.417. The molecule has 5 nitrogen and oxygen atoms in total. The minimum Gasteiger partial charge on any atom is -0.369 e. The standard InChI is InChI=1S/C15H18N2O.C9H14N2S/c1-9(2)12-5-10(8-16)6-13(11-3-4-11)14(12)7-15(17)18;1-11(2)7-8-3-5-9(12-10)6-4-8/h5-6,9,11H,3-4,7H2,1-2H3,(H2,17,18);3-6H,7,10H2,1-2H3. The van der Waals surface area contributed by atoms with Crippen molar-refractivity contribution in [3.05, 3.63) is 64.2 Å². The molecule has 0 aliphatic heterocycles. The molecule has 0 radical (unpaired) electrons. The Kier molecular flexibility index (Phi) is 8.91. The molecule has 1 fully saturated rings. The first kappa shape index (κ1) is 23.9. The van der Waals surface area contributed by atoms with Crippen LogP contribution >= 0.6 is 11.9 Å². The summed E-state index contributed by atoms with van der Waals surface area (Å²) < 4.78 is 0. The lowest BCUT2D eigenvalue weighted by Gasteiger charge is -2.17. The number of rotatable bonds is 7. The molecule has 1 amide bonds. The van der Waals surface area contributed by atoms with Crippen molar-refractivity contribution in [1.29, 1.82) is 5.26 Å². The topological polar surface area (TPSA) is 96.1 Å². The van der Waals surface area contributed by atoms with Gasteiger partial charge in [0.2, 0.25) is 5.91 Å². The number of benzene rings is 2. The second-order valence-electron chi connectivity index (χ2n) is 8.32. The van der Waals surface area contributed by atoms with Gasteiger partial charge in [0.05, 0.1) is 18.1 Å². The van der Waals surface area contributed by atoms with Crippen LogP contribution in [0.5, 0.6) is 0 Å². The molecule has 0 bridgehead atoms. The van der Waals surface area contributed by atoms with Gasteiger partial charge in [-0.05, 0) is 97.2 Å². The Bertz CT molecular complexity index is 873. The van der Waals surface area contributed by atoms with Crippen LogP contribution in [0.25, 0.3) is 0 Å². The third kappa shape index (κ3) is 7.17. The number of nitriles is 1. The first-order valence-corrected chi connectivity index (χ1v) is 11.1. The van der Waals surface area contributed by atoms with Gasteiger partial charge in [0.1, 0.15) is 0 Å². The van der Waals surface area contributed by atoms with E-state index in [2.05, 4.69) is 51.0 Å². The Morgan fingerprint density at radius 3 is 2.30 bits per heavy atom. The quantitative estimate of drug-likeness (QED) is 0.646. The van der Waals surface area contributed by atoms with Crippen LogP contribution in [0, 0.1) is 11.3 Å². The third-order valence-corrected chi connectivity index (χ3v) is 5.54. The number of nitrogens with two attached hydrogens (primary N) is 2. The average Bonchev–Trinajstić information content (AvgIpc) is 3.53. The number of carbonyl (C=O) groups is 1. The van der Waals surface area contributed by atoms with Crippen LogP contribution in [0.3, 0.4) is 0 Å². The normalized spacial score (nSPS) is 13.0. The van der Waals surface area contributed by atoms with Crippen LogP contribution in [-0.4, -0.2) is 24.9 Å². The summed E-state index contributed by atoms with van der Waals surface area (Å²) in [5, 5.41) is 14.5. The molecule has 3 rings (SSSR count). The second-order valence-corrected chi connectivity index (χ2v) is 9.02. The van der Waals surface area contributed by atoms with Gasteiger partial charge in [-0.3, -0.25) is 9.93 Å². The van der Waals surface area contributed by atoms with Gasteiger partial charge in [-0.2, -0.15) is 5.26 Å². The first-order chi connectivity index (χ1) is 14.2. The molecular weight excluding hydrogens is 392 g/mol. The predicted molar refractivity (Wildman–Crippen MR) is 124 cm³/mol. The van der Waals surface area contributed by atoms with Gasteiger partial charge in [0.25, 0.3) is 0 Å². The van der Waals surface area contributed by atoms with E-state index in [1.54, 1.807) is 0 Å². The Labute approximate surface area is 184 Å². The molecule has 30 heavy (non-hydrogen) atoms. The maximum atomic E-state index is 11.3. The number of hydrogen-bond donors (Lipinski definition) is 2. The van der Waals surface area contributed by atoms with Crippen molar-refractivity contribution in [3.63, 3.8) is 0 Å². The molecule has 2 aromatic carbocycles. The van der Waals surface area contributed by atoms with E-state index in [9.17, 15) is 4.79 Å². The highest BCUT2D eigenvalue weighted by Crippen LogP contribution is 2.43. The lowest BCUT2D eigenvalue weighted by molar-refractivity contribution is -0.117. The van der Waals surface area contributed by atoms with Crippen LogP contribution in [0.2, 0.25) is 0 Å². The lowest BCUT2D eigenvalue weighted by atomic mass is 9.87. The van der Waals surface area contributed by atoms with Crippen molar-refractivity contribution in [2.75, 3.05) is 14.1 Å². The SMILES string of the molecule is CC(C)c1cc(C#N)cc(C2CC2)c1CC(N)=O.CN(C)Cc1ccc(SN)cc1. The number of nitrogens with zero attached hydrogens (tertiary/aromatic N) is 2. The maximum Gasteiger partial charge on any atom is 0.221 e. The van der Waals surface area contributed by atoms with Crippen molar-refractivity contribution in [2.45, 2.75) is 56.4 Å². The molecule has 0 saturated heterocycles. The van der Waals surface area contributed by atoms with E-state index in [1.165, 1.54) is 17.5 Å². The number of amides is 1. The largest absolute Gasteiger partial charge is 0.369 e. The number of carbonyl (C=O) groups excluding carboxylic acids is 1. The van der Waals surface area contributed by atoms with Crippen LogP contribution in [0.4, 0.5) is 0 Å². The summed E-state index contributed by atoms with van der Waals surface area (Å²) in [5.74, 6) is 0.513. The molecular formula is C24H32N4OS. The van der Waals surface area contributed by atoms with Gasteiger partial charge in [-0.1, -0.05) is 26.0 Å². The summed E-state index contributed by atoms with van der Waals surface area (Å²) in [6.07, 6.45) is 2.58. The Morgan fingerprint density at radius 1 is 1.23 bits per heavy atom. The van der Waals surface area contributed by atoms with Gasteiger partial charge in [0, 0.05) is 11.4 Å². The molecule has 2 aromatic rings. The monoisotopic (exact) mass is 424 g/mol. The van der Waals surface area contributed by atoms with Crippen LogP contribution in [0.1, 0.15) is 66.3 Å². The zero-order valence-corrected chi connectivity index (χ0v) is 19.1. The summed E-state index contributed by atoms with van der Waals surface area (Å²) >= 11 is 1.28. The minimum atomic E-state index is -0.302. The molecule has 0 unspecified atom stereocenters. The molecule has 0 aromatic heterocycles. The molecule has 6 heteroatoms. The van der Waals surface area contributed by atoms with Crippen molar-refractivity contribution in [2.24, 2.45) is 10.9 Å². The van der Waals surface area contributed by atoms with E-state index in [1.807, 2.05) is 24.3 Å². The van der Waals surface area contributed by atoms with Crippen molar-refractivity contribution >= 4 is 17.9 Å². The lowest BCUT2D eigenvalue weighted by Crippen LogP contribution is -2.17. The van der Waals surface area contributed by atoms with E-state index in [-0.39, 0.29) is 12.3 Å². The molecule has 0 heterocycles. The molecule has 1 aliphatic rings. The van der Waals surface area contributed by atoms with E-state index >= 15 is 0 Å². The van der Waals surface area contributed by atoms with Crippen LogP contribution < -0.4 is 10.9 Å². The first-order valence-electron chi connectivity index (χ1n) is 10.2. The van der Waals surface area contributed by atoms with Crippen molar-refractivity contribution < 1.29 is 4.79 Å². The van der Waals surface area contributed by atoms with E-state index in [4.69, 9.17) is 16.1 Å². The maximum absolute atomic E-state index is 11.3. The van der Waals surface area contributed by atoms with Gasteiger partial charge in [-0.15, -0.1) is 0 Å². The van der Waals surface area contributed by atoms with Gasteiger partial charge < -0.3 is 10.6 Å². The van der Waals surface area contributed by atoms with Crippen molar-refractivity contribution in [1.82, 2.24) is 4.90 Å². The van der Waals surface area contributed by atoms with Gasteiger partial charge in [0.15, 0.2) is 0 Å². The highest BCUT2D eigenvalue weighted by molar-refractivity contribution is 7.97. The Hall–Kier alpha value is -2.33. The summed E-state index contributed by atoms with van der Waals surface area (Å²) in [7, 11) is 4.12. The summed E-state index contributed by atoms with van der Waals surface area (Å²) in [5.41, 5.74) is 10.7. The highest BCUT2D eigenvalue weighted by atomic mass is 32.2. The fourth-order valence-electron chi connectivity index (χ4n) is 3.47. The van der Waals surface area contributed by atoms with Crippen molar-refractivity contribution in [3.8, 4) is 6.07 Å². The van der Waals surface area contributed by atoms with Crippen LogP contribution in [-0.2, 0) is 17.8 Å². The number of primary amides is 1. The predicted octanol–water partition coefficient (Wildman–Crippen LogP) is 4.30. The molecule has 1 saturated carbocycles. The average molecular weight is 425 g/mol.